The molecule has 0 spiro atoms. The van der Waals surface area contributed by atoms with Crippen molar-refractivity contribution in [3.8, 4) is 5.75 Å². The molecule has 1 aliphatic carbocycles. The Hall–Kier alpha value is -2.40. The number of rotatable bonds is 6. The lowest BCUT2D eigenvalue weighted by atomic mass is 10.1. The van der Waals surface area contributed by atoms with Gasteiger partial charge in [-0.15, -0.1) is 0 Å². The first-order valence-corrected chi connectivity index (χ1v) is 7.94. The van der Waals surface area contributed by atoms with Gasteiger partial charge >= 0.3 is 0 Å². The Kier molecular flexibility index (Phi) is 4.81. The lowest BCUT2D eigenvalue weighted by Crippen LogP contribution is -2.30. The summed E-state index contributed by atoms with van der Waals surface area (Å²) in [6.07, 6.45) is -0.142. The zero-order valence-corrected chi connectivity index (χ0v) is 13.4. The molecule has 3 rings (SSSR count). The third kappa shape index (κ3) is 3.57. The van der Waals surface area contributed by atoms with Crippen molar-refractivity contribution in [2.45, 2.75) is 18.4 Å². The van der Waals surface area contributed by atoms with Gasteiger partial charge in [0.05, 0.1) is 13.2 Å². The minimum atomic E-state index is -0.787. The number of carbonyl (C=O) groups excluding carboxylic acids is 1. The fourth-order valence-corrected chi connectivity index (χ4v) is 2.88. The predicted octanol–water partition coefficient (Wildman–Crippen LogP) is 2.79. The second kappa shape index (κ2) is 7.01. The van der Waals surface area contributed by atoms with Gasteiger partial charge in [-0.05, 0) is 41.7 Å². The van der Waals surface area contributed by atoms with E-state index in [4.69, 9.17) is 4.74 Å². The molecule has 126 valence electrons. The molecular weight excluding hydrogens is 309 g/mol. The standard InChI is InChI=1S/C19H20FNO3/c1-24-13-8-6-12(7-9-13)18(22)11-21-19(23)16-10-15(16)14-4-2-3-5-17(14)20/h2-9,15-16,18,22H,10-11H2,1H3,(H,21,23). The number of hydrogen-bond acceptors (Lipinski definition) is 3. The van der Waals surface area contributed by atoms with Crippen LogP contribution in [0.25, 0.3) is 0 Å². The summed E-state index contributed by atoms with van der Waals surface area (Å²) in [7, 11) is 1.58. The van der Waals surface area contributed by atoms with Crippen molar-refractivity contribution in [2.75, 3.05) is 13.7 Å². The Labute approximate surface area is 140 Å². The van der Waals surface area contributed by atoms with Gasteiger partial charge in [-0.25, -0.2) is 4.39 Å². The molecule has 1 aliphatic rings. The number of hydrogen-bond donors (Lipinski definition) is 2. The fraction of sp³-hybridized carbons (Fsp3) is 0.316. The van der Waals surface area contributed by atoms with Gasteiger partial charge in [-0.2, -0.15) is 0 Å². The summed E-state index contributed by atoms with van der Waals surface area (Å²) in [5.74, 6) is 0.0156. The largest absolute Gasteiger partial charge is 0.497 e. The van der Waals surface area contributed by atoms with Crippen LogP contribution < -0.4 is 10.1 Å². The summed E-state index contributed by atoms with van der Waals surface area (Å²) in [4.78, 5) is 12.2. The summed E-state index contributed by atoms with van der Waals surface area (Å²) in [6.45, 7) is 0.131. The molecule has 1 saturated carbocycles. The summed E-state index contributed by atoms with van der Waals surface area (Å²) in [6, 6.07) is 13.6. The number of ether oxygens (including phenoxy) is 1. The molecule has 3 atom stereocenters. The summed E-state index contributed by atoms with van der Waals surface area (Å²) in [5, 5.41) is 12.9. The van der Waals surface area contributed by atoms with Crippen LogP contribution >= 0.6 is 0 Å². The average molecular weight is 329 g/mol. The Morgan fingerprint density at radius 1 is 1.29 bits per heavy atom. The molecule has 1 fully saturated rings. The Balaban J connectivity index is 1.52. The maximum Gasteiger partial charge on any atom is 0.223 e. The summed E-state index contributed by atoms with van der Waals surface area (Å²) in [5.41, 5.74) is 1.30. The topological polar surface area (TPSA) is 58.6 Å². The Morgan fingerprint density at radius 3 is 2.67 bits per heavy atom. The molecule has 0 aromatic heterocycles. The van der Waals surface area contributed by atoms with Crippen molar-refractivity contribution in [1.82, 2.24) is 5.32 Å². The molecule has 2 aromatic rings. The van der Waals surface area contributed by atoms with Crippen LogP contribution in [0.3, 0.4) is 0 Å². The van der Waals surface area contributed by atoms with Crippen LogP contribution in [0.2, 0.25) is 0 Å². The van der Waals surface area contributed by atoms with Crippen LogP contribution in [0.4, 0.5) is 4.39 Å². The van der Waals surface area contributed by atoms with Crippen LogP contribution in [0.15, 0.2) is 48.5 Å². The van der Waals surface area contributed by atoms with Crippen LogP contribution in [0.1, 0.15) is 29.6 Å². The fourth-order valence-electron chi connectivity index (χ4n) is 2.88. The normalized spacial score (nSPS) is 20.3. The molecule has 0 aliphatic heterocycles. The van der Waals surface area contributed by atoms with Crippen molar-refractivity contribution < 1.29 is 19.0 Å². The molecule has 2 aromatic carbocycles. The maximum absolute atomic E-state index is 13.7. The molecule has 1 amide bonds. The highest BCUT2D eigenvalue weighted by atomic mass is 19.1. The van der Waals surface area contributed by atoms with E-state index in [1.165, 1.54) is 6.07 Å². The molecular formula is C19H20FNO3. The number of aliphatic hydroxyl groups is 1. The third-order valence-corrected chi connectivity index (χ3v) is 4.40. The first-order valence-electron chi connectivity index (χ1n) is 7.94. The number of aliphatic hydroxyl groups excluding tert-OH is 1. The first-order chi connectivity index (χ1) is 11.6. The Bertz CT molecular complexity index is 717. The predicted molar refractivity (Wildman–Crippen MR) is 88.2 cm³/mol. The second-order valence-electron chi connectivity index (χ2n) is 6.00. The molecule has 0 bridgehead atoms. The van der Waals surface area contributed by atoms with Gasteiger partial charge < -0.3 is 15.2 Å². The number of amides is 1. The van der Waals surface area contributed by atoms with Crippen molar-refractivity contribution in [2.24, 2.45) is 5.92 Å². The second-order valence-corrected chi connectivity index (χ2v) is 6.00. The van der Waals surface area contributed by atoms with Gasteiger partial charge in [0.2, 0.25) is 5.91 Å². The monoisotopic (exact) mass is 329 g/mol. The molecule has 5 heteroatoms. The number of benzene rings is 2. The van der Waals surface area contributed by atoms with E-state index in [1.54, 1.807) is 49.6 Å². The van der Waals surface area contributed by atoms with E-state index >= 15 is 0 Å². The number of nitrogens with one attached hydrogen (secondary N) is 1. The lowest BCUT2D eigenvalue weighted by molar-refractivity contribution is -0.122. The van der Waals surface area contributed by atoms with Crippen LogP contribution in [0, 0.1) is 11.7 Å². The van der Waals surface area contributed by atoms with Gasteiger partial charge in [0.25, 0.3) is 0 Å². The zero-order chi connectivity index (χ0) is 17.1. The molecule has 0 heterocycles. The molecule has 0 saturated heterocycles. The van der Waals surface area contributed by atoms with Crippen molar-refractivity contribution in [3.05, 3.63) is 65.5 Å². The first kappa shape index (κ1) is 16.5. The van der Waals surface area contributed by atoms with Crippen LogP contribution in [0.5, 0.6) is 5.75 Å². The lowest BCUT2D eigenvalue weighted by Gasteiger charge is -2.13. The van der Waals surface area contributed by atoms with E-state index < -0.39 is 6.10 Å². The number of halogens is 1. The van der Waals surface area contributed by atoms with E-state index in [9.17, 15) is 14.3 Å². The minimum Gasteiger partial charge on any atom is -0.497 e. The van der Waals surface area contributed by atoms with Gasteiger partial charge in [0.1, 0.15) is 11.6 Å². The number of methoxy groups -OCH3 is 1. The van der Waals surface area contributed by atoms with Gasteiger partial charge in [-0.3, -0.25) is 4.79 Å². The van der Waals surface area contributed by atoms with E-state index in [0.29, 0.717) is 23.3 Å². The van der Waals surface area contributed by atoms with Crippen LogP contribution in [-0.4, -0.2) is 24.7 Å². The van der Waals surface area contributed by atoms with E-state index in [2.05, 4.69) is 5.32 Å². The summed E-state index contributed by atoms with van der Waals surface area (Å²) < 4.78 is 18.8. The molecule has 24 heavy (non-hydrogen) atoms. The highest BCUT2D eigenvalue weighted by molar-refractivity contribution is 5.82. The van der Waals surface area contributed by atoms with Crippen molar-refractivity contribution in [3.63, 3.8) is 0 Å². The van der Waals surface area contributed by atoms with Crippen molar-refractivity contribution in [1.29, 1.82) is 0 Å². The SMILES string of the molecule is COc1ccc(C(O)CNC(=O)C2CC2c2ccccc2F)cc1. The Morgan fingerprint density at radius 2 is 2.00 bits per heavy atom. The summed E-state index contributed by atoms with van der Waals surface area (Å²) >= 11 is 0. The van der Waals surface area contributed by atoms with Crippen molar-refractivity contribution >= 4 is 5.91 Å². The van der Waals surface area contributed by atoms with E-state index in [0.717, 1.165) is 0 Å². The van der Waals surface area contributed by atoms with E-state index in [-0.39, 0.29) is 30.1 Å². The highest BCUT2D eigenvalue weighted by Crippen LogP contribution is 2.48. The quantitative estimate of drug-likeness (QED) is 0.857. The van der Waals surface area contributed by atoms with Gasteiger partial charge in [0.15, 0.2) is 0 Å². The molecule has 0 radical (unpaired) electrons. The molecule has 2 N–H and O–H groups in total. The smallest absolute Gasteiger partial charge is 0.223 e. The molecule has 3 unspecified atom stereocenters. The maximum atomic E-state index is 13.7. The zero-order valence-electron chi connectivity index (χ0n) is 13.4. The molecule has 4 nitrogen and oxygen atoms in total. The number of carbonyl (C=O) groups is 1. The van der Waals surface area contributed by atoms with Crippen LogP contribution in [-0.2, 0) is 4.79 Å². The average Bonchev–Trinajstić information content (AvgIpc) is 3.40. The van der Waals surface area contributed by atoms with E-state index in [1.807, 2.05) is 0 Å². The third-order valence-electron chi connectivity index (χ3n) is 4.40. The highest BCUT2D eigenvalue weighted by Gasteiger charge is 2.45. The van der Waals surface area contributed by atoms with Gasteiger partial charge in [0, 0.05) is 12.5 Å². The minimum absolute atomic E-state index is 0.0654. The van der Waals surface area contributed by atoms with Gasteiger partial charge in [-0.1, -0.05) is 30.3 Å².